The van der Waals surface area contributed by atoms with E-state index in [1.54, 1.807) is 6.92 Å². The van der Waals surface area contributed by atoms with Gasteiger partial charge >= 0.3 is 11.9 Å². The van der Waals surface area contributed by atoms with Crippen molar-refractivity contribution in [2.45, 2.75) is 46.5 Å². The molecule has 0 rings (SSSR count). The van der Waals surface area contributed by atoms with E-state index in [1.165, 1.54) is 0 Å². The minimum absolute atomic E-state index is 0.143. The molecule has 0 fully saturated rings. The molecule has 0 amide bonds. The first-order valence-corrected chi connectivity index (χ1v) is 7.09. The summed E-state index contributed by atoms with van der Waals surface area (Å²) in [7, 11) is 0. The van der Waals surface area contributed by atoms with Crippen LogP contribution in [0.2, 0.25) is 0 Å². The standard InChI is InChI=1S/C16H26O4/c1-6-8-9-14(7-2)11-20-16(18)13(5)10-19-15(17)12(3)4/h14H,3,5-11H2,1-2,4H3. The summed E-state index contributed by atoms with van der Waals surface area (Å²) in [6.45, 7) is 13.0. The van der Waals surface area contributed by atoms with Crippen LogP contribution in [0.3, 0.4) is 0 Å². The number of unbranched alkanes of at least 4 members (excludes halogenated alkanes) is 1. The van der Waals surface area contributed by atoms with Gasteiger partial charge in [-0.2, -0.15) is 0 Å². The van der Waals surface area contributed by atoms with Gasteiger partial charge in [0, 0.05) is 5.57 Å². The van der Waals surface area contributed by atoms with Crippen molar-refractivity contribution in [1.29, 1.82) is 0 Å². The molecule has 0 saturated carbocycles. The molecule has 0 aromatic carbocycles. The van der Waals surface area contributed by atoms with Crippen molar-refractivity contribution < 1.29 is 19.1 Å². The number of hydrogen-bond acceptors (Lipinski definition) is 4. The average molecular weight is 282 g/mol. The second-order valence-corrected chi connectivity index (χ2v) is 4.97. The zero-order valence-corrected chi connectivity index (χ0v) is 12.9. The van der Waals surface area contributed by atoms with Crippen LogP contribution in [-0.4, -0.2) is 25.2 Å². The third-order valence-corrected chi connectivity index (χ3v) is 3.01. The van der Waals surface area contributed by atoms with E-state index in [9.17, 15) is 9.59 Å². The molecule has 0 aromatic rings. The summed E-state index contributed by atoms with van der Waals surface area (Å²) in [5.41, 5.74) is 0.432. The Balaban J connectivity index is 4.03. The summed E-state index contributed by atoms with van der Waals surface area (Å²) in [6.07, 6.45) is 4.29. The van der Waals surface area contributed by atoms with Gasteiger partial charge in [0.25, 0.3) is 0 Å². The van der Waals surface area contributed by atoms with Crippen molar-refractivity contribution in [3.05, 3.63) is 24.3 Å². The lowest BCUT2D eigenvalue weighted by molar-refractivity contribution is -0.143. The van der Waals surface area contributed by atoms with Gasteiger partial charge in [0.15, 0.2) is 0 Å². The fourth-order valence-corrected chi connectivity index (χ4v) is 1.53. The van der Waals surface area contributed by atoms with Crippen molar-refractivity contribution >= 4 is 11.9 Å². The second-order valence-electron chi connectivity index (χ2n) is 4.97. The van der Waals surface area contributed by atoms with Crippen LogP contribution in [0.25, 0.3) is 0 Å². The molecular weight excluding hydrogens is 256 g/mol. The third kappa shape index (κ3) is 7.77. The quantitative estimate of drug-likeness (QED) is 0.455. The molecule has 0 saturated heterocycles. The molecule has 0 aliphatic heterocycles. The van der Waals surface area contributed by atoms with E-state index in [2.05, 4.69) is 27.0 Å². The Bertz CT molecular complexity index is 357. The molecule has 1 atom stereocenters. The average Bonchev–Trinajstić information content (AvgIpc) is 2.43. The molecule has 0 N–H and O–H groups in total. The van der Waals surface area contributed by atoms with Gasteiger partial charge in [0.1, 0.15) is 6.61 Å². The van der Waals surface area contributed by atoms with Gasteiger partial charge in [-0.15, -0.1) is 0 Å². The summed E-state index contributed by atoms with van der Waals surface area (Å²) in [5.74, 6) is -0.660. The van der Waals surface area contributed by atoms with Crippen LogP contribution in [0, 0.1) is 5.92 Å². The van der Waals surface area contributed by atoms with E-state index in [0.717, 1.165) is 25.7 Å². The molecule has 4 heteroatoms. The molecule has 0 aliphatic rings. The Morgan fingerprint density at radius 3 is 2.25 bits per heavy atom. The van der Waals surface area contributed by atoms with Crippen LogP contribution in [0.1, 0.15) is 46.5 Å². The Labute approximate surface area is 121 Å². The molecule has 0 aliphatic carbocycles. The first kappa shape index (κ1) is 18.4. The molecule has 114 valence electrons. The van der Waals surface area contributed by atoms with E-state index < -0.39 is 11.9 Å². The normalized spacial score (nSPS) is 11.6. The molecule has 1 unspecified atom stereocenters. The number of ether oxygens (including phenoxy) is 2. The minimum atomic E-state index is -0.534. The van der Waals surface area contributed by atoms with Gasteiger partial charge in [-0.3, -0.25) is 0 Å². The lowest BCUT2D eigenvalue weighted by Crippen LogP contribution is -2.18. The monoisotopic (exact) mass is 282 g/mol. The van der Waals surface area contributed by atoms with Crippen molar-refractivity contribution in [1.82, 2.24) is 0 Å². The highest BCUT2D eigenvalue weighted by molar-refractivity contribution is 5.90. The fraction of sp³-hybridized carbons (Fsp3) is 0.625. The molecule has 0 aromatic heterocycles. The van der Waals surface area contributed by atoms with Crippen molar-refractivity contribution in [3.63, 3.8) is 0 Å². The van der Waals surface area contributed by atoms with E-state index in [-0.39, 0.29) is 17.8 Å². The van der Waals surface area contributed by atoms with Crippen LogP contribution < -0.4 is 0 Å². The highest BCUT2D eigenvalue weighted by Crippen LogP contribution is 2.13. The van der Waals surface area contributed by atoms with Gasteiger partial charge in [0.05, 0.1) is 12.2 Å². The predicted octanol–water partition coefficient (Wildman–Crippen LogP) is 3.42. The SMILES string of the molecule is C=C(C)C(=O)OCC(=C)C(=O)OCC(CC)CCCC. The van der Waals surface area contributed by atoms with Crippen molar-refractivity contribution in [2.24, 2.45) is 5.92 Å². The Morgan fingerprint density at radius 2 is 1.75 bits per heavy atom. The lowest BCUT2D eigenvalue weighted by atomic mass is 10.0. The maximum Gasteiger partial charge on any atom is 0.336 e. The number of rotatable bonds is 10. The highest BCUT2D eigenvalue weighted by atomic mass is 16.5. The van der Waals surface area contributed by atoms with Gasteiger partial charge in [0.2, 0.25) is 0 Å². The van der Waals surface area contributed by atoms with Crippen molar-refractivity contribution in [3.8, 4) is 0 Å². The van der Waals surface area contributed by atoms with Gasteiger partial charge in [-0.25, -0.2) is 9.59 Å². The number of esters is 2. The zero-order valence-electron chi connectivity index (χ0n) is 12.9. The first-order valence-electron chi connectivity index (χ1n) is 7.09. The summed E-state index contributed by atoms with van der Waals surface area (Å²) >= 11 is 0. The smallest absolute Gasteiger partial charge is 0.336 e. The number of carbonyl (C=O) groups is 2. The fourth-order valence-electron chi connectivity index (χ4n) is 1.53. The molecule has 0 spiro atoms. The topological polar surface area (TPSA) is 52.6 Å². The molecule has 20 heavy (non-hydrogen) atoms. The summed E-state index contributed by atoms with van der Waals surface area (Å²) in [6, 6.07) is 0. The van der Waals surface area contributed by atoms with E-state index in [1.807, 2.05) is 0 Å². The Morgan fingerprint density at radius 1 is 1.10 bits per heavy atom. The lowest BCUT2D eigenvalue weighted by Gasteiger charge is -2.15. The van der Waals surface area contributed by atoms with Gasteiger partial charge < -0.3 is 9.47 Å². The van der Waals surface area contributed by atoms with E-state index in [0.29, 0.717) is 12.5 Å². The van der Waals surface area contributed by atoms with Crippen LogP contribution in [0.5, 0.6) is 0 Å². The van der Waals surface area contributed by atoms with Gasteiger partial charge in [-0.1, -0.05) is 46.3 Å². The van der Waals surface area contributed by atoms with E-state index in [4.69, 9.17) is 9.47 Å². The van der Waals surface area contributed by atoms with Crippen LogP contribution in [-0.2, 0) is 19.1 Å². The van der Waals surface area contributed by atoms with Gasteiger partial charge in [-0.05, 0) is 19.3 Å². The van der Waals surface area contributed by atoms with Crippen LogP contribution >= 0.6 is 0 Å². The Kier molecular flexibility index (Phi) is 9.43. The Hall–Kier alpha value is -1.58. The minimum Gasteiger partial charge on any atom is -0.462 e. The molecule has 0 radical (unpaired) electrons. The second kappa shape index (κ2) is 10.2. The third-order valence-electron chi connectivity index (χ3n) is 3.01. The summed E-state index contributed by atoms with van der Waals surface area (Å²) in [4.78, 5) is 22.9. The largest absolute Gasteiger partial charge is 0.462 e. The van der Waals surface area contributed by atoms with Crippen LogP contribution in [0.4, 0.5) is 0 Å². The molecular formula is C16H26O4. The number of carbonyl (C=O) groups excluding carboxylic acids is 2. The zero-order chi connectivity index (χ0) is 15.5. The first-order chi connectivity index (χ1) is 9.42. The molecule has 0 heterocycles. The number of hydrogen-bond donors (Lipinski definition) is 0. The molecule has 0 bridgehead atoms. The highest BCUT2D eigenvalue weighted by Gasteiger charge is 2.14. The maximum atomic E-state index is 11.7. The summed E-state index contributed by atoms with van der Waals surface area (Å²) < 4.78 is 10.0. The van der Waals surface area contributed by atoms with E-state index >= 15 is 0 Å². The predicted molar refractivity (Wildman–Crippen MR) is 79.2 cm³/mol. The maximum absolute atomic E-state index is 11.7. The molecule has 4 nitrogen and oxygen atoms in total. The summed E-state index contributed by atoms with van der Waals surface area (Å²) in [5, 5.41) is 0. The van der Waals surface area contributed by atoms with Crippen LogP contribution in [0.15, 0.2) is 24.3 Å². The van der Waals surface area contributed by atoms with Crippen molar-refractivity contribution in [2.75, 3.05) is 13.2 Å².